The zero-order valence-electron chi connectivity index (χ0n) is 14.8. The lowest BCUT2D eigenvalue weighted by molar-refractivity contribution is -0.126. The second-order valence-corrected chi connectivity index (χ2v) is 8.05. The Morgan fingerprint density at radius 1 is 1.19 bits per heavy atom. The standard InChI is InChI=1S/C19H21ClN2O3S/c1-13-4-5-15(12-18(13)20)6-11-19(23)22(3)14(2)16-7-9-17(10-8-16)26(21,24)25/h4-12,14H,1-3H3,(H2,21,24,25)/b11-6+/t14-/m1/s1. The maximum Gasteiger partial charge on any atom is 0.246 e. The van der Waals surface area contributed by atoms with E-state index in [2.05, 4.69) is 0 Å². The largest absolute Gasteiger partial charge is 0.335 e. The number of carbonyl (C=O) groups is 1. The second-order valence-electron chi connectivity index (χ2n) is 6.08. The number of hydrogen-bond acceptors (Lipinski definition) is 3. The van der Waals surface area contributed by atoms with E-state index in [1.165, 1.54) is 18.2 Å². The van der Waals surface area contributed by atoms with E-state index in [1.54, 1.807) is 36.2 Å². The molecule has 138 valence electrons. The number of primary sulfonamides is 1. The number of nitrogens with zero attached hydrogens (tertiary/aromatic N) is 1. The molecule has 5 nitrogen and oxygen atoms in total. The van der Waals surface area contributed by atoms with Crippen LogP contribution in [0.25, 0.3) is 6.08 Å². The predicted molar refractivity (Wildman–Crippen MR) is 104 cm³/mol. The van der Waals surface area contributed by atoms with E-state index < -0.39 is 10.0 Å². The van der Waals surface area contributed by atoms with E-state index in [0.717, 1.165) is 16.7 Å². The summed E-state index contributed by atoms with van der Waals surface area (Å²) < 4.78 is 22.6. The lowest BCUT2D eigenvalue weighted by Gasteiger charge is -2.24. The van der Waals surface area contributed by atoms with Crippen molar-refractivity contribution < 1.29 is 13.2 Å². The molecule has 0 aliphatic heterocycles. The van der Waals surface area contributed by atoms with Gasteiger partial charge in [-0.05, 0) is 54.8 Å². The predicted octanol–water partition coefficient (Wildman–Crippen LogP) is 3.53. The van der Waals surface area contributed by atoms with Crippen molar-refractivity contribution in [1.29, 1.82) is 0 Å². The topological polar surface area (TPSA) is 80.5 Å². The van der Waals surface area contributed by atoms with Gasteiger partial charge in [-0.15, -0.1) is 0 Å². The number of aryl methyl sites for hydroxylation is 1. The molecule has 2 aromatic rings. The lowest BCUT2D eigenvalue weighted by atomic mass is 10.1. The number of nitrogens with two attached hydrogens (primary N) is 1. The van der Waals surface area contributed by atoms with Gasteiger partial charge in [0.05, 0.1) is 10.9 Å². The molecule has 0 unspecified atom stereocenters. The molecule has 0 aliphatic rings. The monoisotopic (exact) mass is 392 g/mol. The van der Waals surface area contributed by atoms with Crippen LogP contribution < -0.4 is 5.14 Å². The molecule has 1 atom stereocenters. The van der Waals surface area contributed by atoms with Crippen LogP contribution >= 0.6 is 11.6 Å². The van der Waals surface area contributed by atoms with Crippen LogP contribution in [0, 0.1) is 6.92 Å². The highest BCUT2D eigenvalue weighted by Gasteiger charge is 2.16. The van der Waals surface area contributed by atoms with Crippen LogP contribution in [0.4, 0.5) is 0 Å². The molecule has 0 saturated carbocycles. The summed E-state index contributed by atoms with van der Waals surface area (Å²) in [6.45, 7) is 3.78. The maximum atomic E-state index is 12.4. The van der Waals surface area contributed by atoms with Gasteiger partial charge in [-0.2, -0.15) is 0 Å². The molecule has 0 aliphatic carbocycles. The fraction of sp³-hybridized carbons (Fsp3) is 0.211. The minimum absolute atomic E-state index is 0.0403. The number of benzene rings is 2. The molecule has 2 N–H and O–H groups in total. The third kappa shape index (κ3) is 4.94. The van der Waals surface area contributed by atoms with Crippen molar-refractivity contribution in [2.45, 2.75) is 24.8 Å². The molecule has 0 radical (unpaired) electrons. The van der Waals surface area contributed by atoms with Gasteiger partial charge in [-0.3, -0.25) is 4.79 Å². The molecule has 7 heteroatoms. The molecule has 0 aromatic heterocycles. The number of carbonyl (C=O) groups excluding carboxylic acids is 1. The fourth-order valence-electron chi connectivity index (χ4n) is 2.35. The van der Waals surface area contributed by atoms with Gasteiger partial charge in [0.15, 0.2) is 0 Å². The van der Waals surface area contributed by atoms with E-state index in [9.17, 15) is 13.2 Å². The SMILES string of the molecule is Cc1ccc(/C=C/C(=O)N(C)[C@H](C)c2ccc(S(N)(=O)=O)cc2)cc1Cl. The molecular formula is C19H21ClN2O3S. The van der Waals surface area contributed by atoms with Gasteiger partial charge in [0.25, 0.3) is 0 Å². The van der Waals surface area contributed by atoms with Crippen molar-refractivity contribution in [1.82, 2.24) is 4.90 Å². The molecule has 0 bridgehead atoms. The number of hydrogen-bond donors (Lipinski definition) is 1. The summed E-state index contributed by atoms with van der Waals surface area (Å²) in [4.78, 5) is 14.0. The average molecular weight is 393 g/mol. The minimum Gasteiger partial charge on any atom is -0.335 e. The third-order valence-electron chi connectivity index (χ3n) is 4.23. The molecular weight excluding hydrogens is 372 g/mol. The number of rotatable bonds is 5. The van der Waals surface area contributed by atoms with Crippen molar-refractivity contribution in [2.75, 3.05) is 7.05 Å². The van der Waals surface area contributed by atoms with Crippen LogP contribution in [0.1, 0.15) is 29.7 Å². The Morgan fingerprint density at radius 2 is 1.81 bits per heavy atom. The van der Waals surface area contributed by atoms with Crippen LogP contribution in [0.2, 0.25) is 5.02 Å². The first-order valence-corrected chi connectivity index (χ1v) is 9.86. The molecule has 0 fully saturated rings. The van der Waals surface area contributed by atoms with Crippen molar-refractivity contribution >= 4 is 33.6 Å². The highest BCUT2D eigenvalue weighted by Crippen LogP contribution is 2.21. The molecule has 0 saturated heterocycles. The zero-order chi connectivity index (χ0) is 19.5. The van der Waals surface area contributed by atoms with Gasteiger partial charge in [0, 0.05) is 18.1 Å². The molecule has 26 heavy (non-hydrogen) atoms. The summed E-state index contributed by atoms with van der Waals surface area (Å²) in [6.07, 6.45) is 3.19. The van der Waals surface area contributed by atoms with E-state index >= 15 is 0 Å². The number of sulfonamides is 1. The minimum atomic E-state index is -3.73. The number of likely N-dealkylation sites (N-methyl/N-ethyl adjacent to an activating group) is 1. The van der Waals surface area contributed by atoms with Gasteiger partial charge in [0.1, 0.15) is 0 Å². The highest BCUT2D eigenvalue weighted by molar-refractivity contribution is 7.89. The summed E-state index contributed by atoms with van der Waals surface area (Å²) in [5.41, 5.74) is 2.62. The van der Waals surface area contributed by atoms with E-state index in [0.29, 0.717) is 5.02 Å². The summed E-state index contributed by atoms with van der Waals surface area (Å²) in [5.74, 6) is -0.176. The van der Waals surface area contributed by atoms with Crippen molar-refractivity contribution in [2.24, 2.45) is 5.14 Å². The third-order valence-corrected chi connectivity index (χ3v) is 5.57. The Morgan fingerprint density at radius 3 is 2.35 bits per heavy atom. The van der Waals surface area contributed by atoms with Gasteiger partial charge in [-0.1, -0.05) is 35.9 Å². The zero-order valence-corrected chi connectivity index (χ0v) is 16.4. The normalized spacial score (nSPS) is 13.0. The fourth-order valence-corrected chi connectivity index (χ4v) is 3.05. The van der Waals surface area contributed by atoms with Gasteiger partial charge in [0.2, 0.25) is 15.9 Å². The molecule has 2 rings (SSSR count). The quantitative estimate of drug-likeness (QED) is 0.790. The van der Waals surface area contributed by atoms with Crippen LogP contribution in [0.3, 0.4) is 0 Å². The first kappa shape index (κ1) is 20.2. The maximum absolute atomic E-state index is 12.4. The summed E-state index contributed by atoms with van der Waals surface area (Å²) in [7, 11) is -2.04. The second kappa shape index (κ2) is 8.03. The number of amides is 1. The van der Waals surface area contributed by atoms with Crippen molar-refractivity contribution in [3.05, 3.63) is 70.3 Å². The first-order valence-electron chi connectivity index (χ1n) is 7.93. The van der Waals surface area contributed by atoms with Crippen LogP contribution in [-0.4, -0.2) is 26.3 Å². The highest BCUT2D eigenvalue weighted by atomic mass is 35.5. The van der Waals surface area contributed by atoms with Gasteiger partial charge >= 0.3 is 0 Å². The van der Waals surface area contributed by atoms with E-state index in [1.807, 2.05) is 26.0 Å². The van der Waals surface area contributed by atoms with E-state index in [4.69, 9.17) is 16.7 Å². The summed E-state index contributed by atoms with van der Waals surface area (Å²) in [5, 5.41) is 5.74. The van der Waals surface area contributed by atoms with Gasteiger partial charge < -0.3 is 4.90 Å². The Bertz CT molecular complexity index is 938. The van der Waals surface area contributed by atoms with E-state index in [-0.39, 0.29) is 16.8 Å². The summed E-state index contributed by atoms with van der Waals surface area (Å²) in [6, 6.07) is 11.5. The van der Waals surface area contributed by atoms with Gasteiger partial charge in [-0.25, -0.2) is 13.6 Å². The van der Waals surface area contributed by atoms with Crippen LogP contribution in [0.15, 0.2) is 53.4 Å². The smallest absolute Gasteiger partial charge is 0.246 e. The molecule has 0 heterocycles. The molecule has 0 spiro atoms. The Balaban J connectivity index is 2.11. The Hall–Kier alpha value is -2.15. The Kier molecular flexibility index (Phi) is 6.23. The molecule has 1 amide bonds. The first-order chi connectivity index (χ1) is 12.1. The molecule has 2 aromatic carbocycles. The Labute approximate surface area is 159 Å². The lowest BCUT2D eigenvalue weighted by Crippen LogP contribution is -2.28. The van der Waals surface area contributed by atoms with Crippen LogP contribution in [-0.2, 0) is 14.8 Å². The van der Waals surface area contributed by atoms with Crippen molar-refractivity contribution in [3.8, 4) is 0 Å². The van der Waals surface area contributed by atoms with Crippen LogP contribution in [0.5, 0.6) is 0 Å². The van der Waals surface area contributed by atoms with Crippen molar-refractivity contribution in [3.63, 3.8) is 0 Å². The number of halogens is 1. The average Bonchev–Trinajstić information content (AvgIpc) is 2.60. The summed E-state index contributed by atoms with van der Waals surface area (Å²) >= 11 is 6.09.